The predicted molar refractivity (Wildman–Crippen MR) is 95.2 cm³/mol. The van der Waals surface area contributed by atoms with E-state index in [1.807, 2.05) is 18.2 Å². The zero-order valence-electron chi connectivity index (χ0n) is 14.1. The van der Waals surface area contributed by atoms with Gasteiger partial charge in [-0.2, -0.15) is 0 Å². The molecule has 2 nitrogen and oxygen atoms in total. The summed E-state index contributed by atoms with van der Waals surface area (Å²) in [6, 6.07) is 14.6. The van der Waals surface area contributed by atoms with Crippen molar-refractivity contribution in [3.05, 3.63) is 70.3 Å². The van der Waals surface area contributed by atoms with E-state index in [9.17, 15) is 4.79 Å². The first kappa shape index (κ1) is 15.9. The number of carbonyl (C=O) groups is 1. The second-order valence-corrected chi connectivity index (χ2v) is 6.68. The van der Waals surface area contributed by atoms with Gasteiger partial charge in [-0.3, -0.25) is 4.79 Å². The fraction of sp³-hybridized carbons (Fsp3) is 0.381. The number of hydrogen-bond donors (Lipinski definition) is 1. The summed E-state index contributed by atoms with van der Waals surface area (Å²) in [4.78, 5) is 12.5. The Labute approximate surface area is 138 Å². The van der Waals surface area contributed by atoms with Crippen LogP contribution in [-0.4, -0.2) is 18.9 Å². The summed E-state index contributed by atoms with van der Waals surface area (Å²) in [5.74, 6) is 0.813. The van der Waals surface area contributed by atoms with E-state index in [0.29, 0.717) is 12.3 Å². The average molecular weight is 307 g/mol. The van der Waals surface area contributed by atoms with Crippen LogP contribution in [0.3, 0.4) is 0 Å². The van der Waals surface area contributed by atoms with E-state index in [0.717, 1.165) is 24.2 Å². The van der Waals surface area contributed by atoms with E-state index in [-0.39, 0.29) is 5.78 Å². The molecule has 0 saturated carbocycles. The maximum atomic E-state index is 12.5. The second-order valence-electron chi connectivity index (χ2n) is 6.68. The van der Waals surface area contributed by atoms with Crippen LogP contribution in [0.4, 0.5) is 0 Å². The van der Waals surface area contributed by atoms with Crippen molar-refractivity contribution in [3.8, 4) is 0 Å². The Morgan fingerprint density at radius 2 is 1.87 bits per heavy atom. The molecule has 0 aliphatic carbocycles. The van der Waals surface area contributed by atoms with E-state index in [4.69, 9.17) is 0 Å². The van der Waals surface area contributed by atoms with Crippen LogP contribution in [0.15, 0.2) is 42.5 Å². The van der Waals surface area contributed by atoms with E-state index in [2.05, 4.69) is 43.4 Å². The van der Waals surface area contributed by atoms with Crippen LogP contribution in [0.25, 0.3) is 0 Å². The predicted octanol–water partition coefficient (Wildman–Crippen LogP) is 4.20. The molecule has 0 spiro atoms. The van der Waals surface area contributed by atoms with Gasteiger partial charge in [-0.05, 0) is 67.5 Å². The summed E-state index contributed by atoms with van der Waals surface area (Å²) in [5.41, 5.74) is 5.71. The molecule has 0 unspecified atom stereocenters. The van der Waals surface area contributed by atoms with Crippen molar-refractivity contribution in [3.63, 3.8) is 0 Å². The molecule has 3 rings (SSSR count). The lowest BCUT2D eigenvalue weighted by molar-refractivity contribution is 0.0993. The van der Waals surface area contributed by atoms with Gasteiger partial charge in [0.15, 0.2) is 5.78 Å². The Morgan fingerprint density at radius 3 is 2.52 bits per heavy atom. The molecule has 1 N–H and O–H groups in total. The minimum absolute atomic E-state index is 0.195. The van der Waals surface area contributed by atoms with Crippen molar-refractivity contribution in [2.75, 3.05) is 13.1 Å². The zero-order valence-corrected chi connectivity index (χ0v) is 14.1. The molecule has 2 aromatic rings. The van der Waals surface area contributed by atoms with Crippen LogP contribution in [0.1, 0.15) is 51.4 Å². The van der Waals surface area contributed by atoms with Crippen LogP contribution < -0.4 is 5.32 Å². The molecule has 2 aromatic carbocycles. The van der Waals surface area contributed by atoms with E-state index in [1.54, 1.807) is 0 Å². The number of rotatable bonds is 4. The summed E-state index contributed by atoms with van der Waals surface area (Å²) in [5, 5.41) is 3.46. The van der Waals surface area contributed by atoms with Gasteiger partial charge in [0.2, 0.25) is 0 Å². The van der Waals surface area contributed by atoms with Gasteiger partial charge < -0.3 is 5.32 Å². The van der Waals surface area contributed by atoms with Crippen LogP contribution >= 0.6 is 0 Å². The maximum Gasteiger partial charge on any atom is 0.167 e. The van der Waals surface area contributed by atoms with Crippen molar-refractivity contribution in [2.45, 2.75) is 39.0 Å². The molecule has 1 heterocycles. The number of nitrogens with one attached hydrogen (secondary N) is 1. The summed E-state index contributed by atoms with van der Waals surface area (Å²) < 4.78 is 0. The molecule has 1 aliphatic rings. The van der Waals surface area contributed by atoms with Gasteiger partial charge in [0, 0.05) is 18.5 Å². The lowest BCUT2D eigenvalue weighted by Crippen LogP contribution is -2.28. The quantitative estimate of drug-likeness (QED) is 0.858. The number of hydrogen-bond acceptors (Lipinski definition) is 2. The fourth-order valence-corrected chi connectivity index (χ4v) is 3.25. The number of aryl methyl sites for hydroxylation is 2. The molecule has 120 valence electrons. The van der Waals surface area contributed by atoms with Crippen LogP contribution in [0.5, 0.6) is 0 Å². The number of benzene rings is 2. The van der Waals surface area contributed by atoms with Crippen molar-refractivity contribution < 1.29 is 4.79 Å². The summed E-state index contributed by atoms with van der Waals surface area (Å²) in [6.07, 6.45) is 2.98. The Morgan fingerprint density at radius 1 is 1.09 bits per heavy atom. The van der Waals surface area contributed by atoms with E-state index < -0.39 is 0 Å². The molecule has 1 atom stereocenters. The minimum Gasteiger partial charge on any atom is -0.316 e. The Bertz CT molecular complexity index is 681. The third kappa shape index (κ3) is 3.89. The molecule has 0 aromatic heterocycles. The first-order valence-corrected chi connectivity index (χ1v) is 8.53. The molecule has 0 radical (unpaired) electrons. The van der Waals surface area contributed by atoms with Gasteiger partial charge in [-0.15, -0.1) is 0 Å². The standard InChI is InChI=1S/C21H25NO/c1-15-5-8-19(12-16(15)2)21(23)13-17-6-9-18(10-7-17)20-4-3-11-22-14-20/h5-10,12,20,22H,3-4,11,13-14H2,1-2H3/t20-/m1/s1. The SMILES string of the molecule is Cc1ccc(C(=O)Cc2ccc([C@@H]3CCCNC3)cc2)cc1C. The maximum absolute atomic E-state index is 12.5. The van der Waals surface area contributed by atoms with Crippen molar-refractivity contribution >= 4 is 5.78 Å². The first-order valence-electron chi connectivity index (χ1n) is 8.53. The largest absolute Gasteiger partial charge is 0.316 e. The zero-order chi connectivity index (χ0) is 16.2. The van der Waals surface area contributed by atoms with Crippen molar-refractivity contribution in [1.29, 1.82) is 0 Å². The summed E-state index contributed by atoms with van der Waals surface area (Å²) in [7, 11) is 0. The molecule has 23 heavy (non-hydrogen) atoms. The molecule has 1 fully saturated rings. The Balaban J connectivity index is 1.67. The van der Waals surface area contributed by atoms with Crippen LogP contribution in [0.2, 0.25) is 0 Å². The third-order valence-corrected chi connectivity index (χ3v) is 4.94. The van der Waals surface area contributed by atoms with Crippen LogP contribution in [0, 0.1) is 13.8 Å². The molecule has 2 heteroatoms. The van der Waals surface area contributed by atoms with Crippen molar-refractivity contribution in [2.24, 2.45) is 0 Å². The normalized spacial score (nSPS) is 17.9. The summed E-state index contributed by atoms with van der Waals surface area (Å²) >= 11 is 0. The van der Waals surface area contributed by atoms with E-state index in [1.165, 1.54) is 29.5 Å². The lowest BCUT2D eigenvalue weighted by Gasteiger charge is -2.23. The first-order chi connectivity index (χ1) is 11.1. The van der Waals surface area contributed by atoms with Gasteiger partial charge in [0.1, 0.15) is 0 Å². The highest BCUT2D eigenvalue weighted by atomic mass is 16.1. The van der Waals surface area contributed by atoms with Gasteiger partial charge in [-0.1, -0.05) is 36.4 Å². The van der Waals surface area contributed by atoms with Crippen molar-refractivity contribution in [1.82, 2.24) is 5.32 Å². The molecular formula is C21H25NO. The number of piperidine rings is 1. The third-order valence-electron chi connectivity index (χ3n) is 4.94. The topological polar surface area (TPSA) is 29.1 Å². The average Bonchev–Trinajstić information content (AvgIpc) is 2.59. The number of carbonyl (C=O) groups excluding carboxylic acids is 1. The second kappa shape index (κ2) is 7.10. The molecular weight excluding hydrogens is 282 g/mol. The van der Waals surface area contributed by atoms with Gasteiger partial charge in [0.05, 0.1) is 0 Å². The molecule has 1 saturated heterocycles. The fourth-order valence-electron chi connectivity index (χ4n) is 3.25. The molecule has 1 aliphatic heterocycles. The van der Waals surface area contributed by atoms with E-state index >= 15 is 0 Å². The van der Waals surface area contributed by atoms with Gasteiger partial charge in [0.25, 0.3) is 0 Å². The number of Topliss-reactive ketones (excluding diaryl/α,β-unsaturated/α-hetero) is 1. The summed E-state index contributed by atoms with van der Waals surface area (Å²) in [6.45, 7) is 6.33. The highest BCUT2D eigenvalue weighted by Crippen LogP contribution is 2.23. The highest BCUT2D eigenvalue weighted by Gasteiger charge is 2.15. The van der Waals surface area contributed by atoms with Crippen LogP contribution in [-0.2, 0) is 6.42 Å². The smallest absolute Gasteiger partial charge is 0.167 e. The molecule has 0 bridgehead atoms. The lowest BCUT2D eigenvalue weighted by atomic mass is 9.90. The Hall–Kier alpha value is -1.93. The molecule has 0 amide bonds. The minimum atomic E-state index is 0.195. The number of ketones is 1. The van der Waals surface area contributed by atoms with Gasteiger partial charge in [-0.25, -0.2) is 0 Å². The van der Waals surface area contributed by atoms with Gasteiger partial charge >= 0.3 is 0 Å². The highest BCUT2D eigenvalue weighted by molar-refractivity contribution is 5.97. The Kier molecular flexibility index (Phi) is 4.92. The monoisotopic (exact) mass is 307 g/mol.